The highest BCUT2D eigenvalue weighted by Crippen LogP contribution is 2.40. The van der Waals surface area contributed by atoms with Crippen molar-refractivity contribution in [3.05, 3.63) is 102 Å². The summed E-state index contributed by atoms with van der Waals surface area (Å²) in [5.41, 5.74) is 6.45. The second kappa shape index (κ2) is 14.6. The van der Waals surface area contributed by atoms with E-state index in [2.05, 4.69) is 54.1 Å². The van der Waals surface area contributed by atoms with Crippen LogP contribution in [0.2, 0.25) is 0 Å². The van der Waals surface area contributed by atoms with Gasteiger partial charge in [-0.15, -0.1) is 0 Å². The molecule has 0 amide bonds. The quantitative estimate of drug-likeness (QED) is 0.0985. The molecule has 10 heteroatoms. The van der Waals surface area contributed by atoms with E-state index in [1.54, 1.807) is 0 Å². The summed E-state index contributed by atoms with van der Waals surface area (Å²) < 4.78 is 25.3. The van der Waals surface area contributed by atoms with Gasteiger partial charge in [0.1, 0.15) is 23.8 Å². The van der Waals surface area contributed by atoms with E-state index in [9.17, 15) is 9.90 Å². The molecule has 4 aromatic carbocycles. The van der Waals surface area contributed by atoms with Gasteiger partial charge in [0.15, 0.2) is 0 Å². The fourth-order valence-electron chi connectivity index (χ4n) is 7.01. The van der Waals surface area contributed by atoms with E-state index >= 15 is 0 Å². The van der Waals surface area contributed by atoms with Crippen LogP contribution in [0, 0.1) is 0 Å². The van der Waals surface area contributed by atoms with Crippen molar-refractivity contribution in [2.75, 3.05) is 37.8 Å². The van der Waals surface area contributed by atoms with Crippen molar-refractivity contribution in [3.63, 3.8) is 0 Å². The summed E-state index contributed by atoms with van der Waals surface area (Å²) in [6.07, 6.45) is -0.161. The normalized spacial score (nSPS) is 13.3. The highest BCUT2D eigenvalue weighted by atomic mass is 16.7. The van der Waals surface area contributed by atoms with Gasteiger partial charge >= 0.3 is 6.16 Å². The van der Waals surface area contributed by atoms with Crippen LogP contribution in [0.1, 0.15) is 43.1 Å². The topological polar surface area (TPSA) is 111 Å². The number of ether oxygens (including phenoxy) is 4. The predicted molar refractivity (Wildman–Crippen MR) is 195 cm³/mol. The van der Waals surface area contributed by atoms with E-state index in [-0.39, 0.29) is 18.4 Å². The summed E-state index contributed by atoms with van der Waals surface area (Å²) in [6, 6.07) is 28.4. The number of anilines is 1. The third-order valence-corrected chi connectivity index (χ3v) is 9.24. The highest BCUT2D eigenvalue weighted by Gasteiger charge is 2.25. The van der Waals surface area contributed by atoms with Gasteiger partial charge in [0, 0.05) is 59.0 Å². The fourth-order valence-corrected chi connectivity index (χ4v) is 7.01. The zero-order valence-electron chi connectivity index (χ0n) is 28.6. The van der Waals surface area contributed by atoms with Crippen molar-refractivity contribution in [1.82, 2.24) is 14.8 Å². The van der Waals surface area contributed by atoms with Crippen LogP contribution in [0.25, 0.3) is 32.8 Å². The van der Waals surface area contributed by atoms with E-state index in [1.165, 1.54) is 0 Å². The predicted octanol–water partition coefficient (Wildman–Crippen LogP) is 8.33. The number of aryl methyl sites for hydroxylation is 2. The van der Waals surface area contributed by atoms with Gasteiger partial charge in [-0.2, -0.15) is 5.10 Å². The molecule has 1 fully saturated rings. The Morgan fingerprint density at radius 3 is 2.46 bits per heavy atom. The number of hydrogen-bond donors (Lipinski definition) is 2. The maximum atomic E-state index is 11.8. The molecular formula is C40H42N4O6. The summed E-state index contributed by atoms with van der Waals surface area (Å²) in [5.74, 6) is 1.97. The zero-order chi connectivity index (χ0) is 34.6. The molecule has 10 nitrogen and oxygen atoms in total. The monoisotopic (exact) mass is 674 g/mol. The first-order valence-electron chi connectivity index (χ1n) is 17.1. The Balaban J connectivity index is 1.16. The number of nitrogens with zero attached hydrogens (tertiary/aromatic N) is 3. The number of benzene rings is 4. The first-order chi connectivity index (χ1) is 24.4. The van der Waals surface area contributed by atoms with Crippen LogP contribution in [0.3, 0.4) is 0 Å². The first-order valence-corrected chi connectivity index (χ1v) is 17.1. The van der Waals surface area contributed by atoms with Crippen LogP contribution >= 0.6 is 0 Å². The molecule has 258 valence electrons. The molecule has 1 aliphatic rings. The summed E-state index contributed by atoms with van der Waals surface area (Å²) in [6.45, 7) is 8.23. The summed E-state index contributed by atoms with van der Waals surface area (Å²) in [4.78, 5) is 17.5. The average Bonchev–Trinajstić information content (AvgIpc) is 3.65. The third kappa shape index (κ3) is 6.84. The molecule has 2 aromatic heterocycles. The van der Waals surface area contributed by atoms with Crippen molar-refractivity contribution in [2.24, 2.45) is 7.05 Å². The Bertz CT molecular complexity index is 2110. The van der Waals surface area contributed by atoms with Crippen molar-refractivity contribution < 1.29 is 28.8 Å². The van der Waals surface area contributed by atoms with E-state index in [0.717, 1.165) is 93.2 Å². The van der Waals surface area contributed by atoms with E-state index in [0.29, 0.717) is 19.4 Å². The standard InChI is InChI=1S/C40H42N4O6/c1-26(2)38-36(34(42-43(38)3)25-49-29-18-16-28(17-19-29)44-20-23-47-24-21-44)33-13-7-12-31-32(39(41-37(31)33)50-40(45)46)14-8-22-48-35-15-6-10-27-9-4-5-11-30(27)35/h4-7,9-13,15-19,26,41H,8,14,20-25H2,1-3H3,(H,45,46). The Morgan fingerprint density at radius 2 is 1.68 bits per heavy atom. The number of nitrogens with one attached hydrogen (secondary N) is 1. The Labute approximate surface area is 291 Å². The molecule has 0 aliphatic carbocycles. The number of H-pyrrole nitrogens is 1. The Kier molecular flexibility index (Phi) is 9.62. The Hall–Kier alpha value is -5.48. The van der Waals surface area contributed by atoms with Crippen LogP contribution in [0.15, 0.2) is 84.9 Å². The van der Waals surface area contributed by atoms with Crippen LogP contribution in [0.4, 0.5) is 10.5 Å². The number of rotatable bonds is 12. The van der Waals surface area contributed by atoms with E-state index < -0.39 is 6.16 Å². The minimum absolute atomic E-state index is 0.162. The molecule has 2 N–H and O–H groups in total. The lowest BCUT2D eigenvalue weighted by Gasteiger charge is -2.28. The molecule has 0 spiro atoms. The molecule has 7 rings (SSSR count). The van der Waals surface area contributed by atoms with Gasteiger partial charge in [-0.25, -0.2) is 4.79 Å². The number of carboxylic acid groups (broad SMARTS) is 1. The van der Waals surface area contributed by atoms with Crippen LogP contribution in [-0.2, 0) is 24.8 Å². The largest absolute Gasteiger partial charge is 0.512 e. The molecule has 50 heavy (non-hydrogen) atoms. The number of para-hydroxylation sites is 1. The lowest BCUT2D eigenvalue weighted by atomic mass is 9.95. The number of hydrogen-bond acceptors (Lipinski definition) is 7. The van der Waals surface area contributed by atoms with E-state index in [1.807, 2.05) is 66.3 Å². The van der Waals surface area contributed by atoms with E-state index in [4.69, 9.17) is 24.0 Å². The number of carbonyl (C=O) groups is 1. The van der Waals surface area contributed by atoms with Gasteiger partial charge in [0.05, 0.1) is 25.3 Å². The van der Waals surface area contributed by atoms with Gasteiger partial charge < -0.3 is 33.9 Å². The van der Waals surface area contributed by atoms with Crippen molar-refractivity contribution in [2.45, 2.75) is 39.2 Å². The molecule has 0 bridgehead atoms. The Morgan fingerprint density at radius 1 is 0.940 bits per heavy atom. The van der Waals surface area contributed by atoms with Gasteiger partial charge in [0.2, 0.25) is 5.88 Å². The summed E-state index contributed by atoms with van der Waals surface area (Å²) >= 11 is 0. The van der Waals surface area contributed by atoms with Gasteiger partial charge in [-0.1, -0.05) is 68.4 Å². The van der Waals surface area contributed by atoms with Crippen LogP contribution in [-0.4, -0.2) is 58.9 Å². The number of fused-ring (bicyclic) bond motifs is 2. The molecule has 0 saturated carbocycles. The second-order valence-corrected chi connectivity index (χ2v) is 12.8. The van der Waals surface area contributed by atoms with Crippen LogP contribution < -0.4 is 19.1 Å². The summed E-state index contributed by atoms with van der Waals surface area (Å²) in [7, 11) is 1.95. The van der Waals surface area contributed by atoms with Gasteiger partial charge in [-0.3, -0.25) is 4.68 Å². The molecule has 1 aliphatic heterocycles. The maximum absolute atomic E-state index is 11.8. The lowest BCUT2D eigenvalue weighted by Crippen LogP contribution is -2.36. The van der Waals surface area contributed by atoms with Gasteiger partial charge in [0.25, 0.3) is 0 Å². The molecular weight excluding hydrogens is 632 g/mol. The third-order valence-electron chi connectivity index (χ3n) is 9.24. The minimum atomic E-state index is -1.37. The first kappa shape index (κ1) is 33.0. The number of aromatic amines is 1. The minimum Gasteiger partial charge on any atom is -0.493 e. The highest BCUT2D eigenvalue weighted by molar-refractivity contribution is 5.99. The fraction of sp³-hybridized carbons (Fsp3) is 0.300. The second-order valence-electron chi connectivity index (χ2n) is 12.8. The molecule has 6 aromatic rings. The van der Waals surface area contributed by atoms with Gasteiger partial charge in [-0.05, 0) is 54.5 Å². The summed E-state index contributed by atoms with van der Waals surface area (Å²) in [5, 5.41) is 17.7. The molecule has 0 atom stereocenters. The molecule has 3 heterocycles. The number of aromatic nitrogens is 3. The maximum Gasteiger partial charge on any atom is 0.512 e. The zero-order valence-corrected chi connectivity index (χ0v) is 28.6. The molecule has 1 saturated heterocycles. The SMILES string of the molecule is CC(C)c1c(-c2cccc3c(CCCOc4cccc5ccccc45)c(OC(=O)O)[nH]c23)c(COc2ccc(N3CCOCC3)cc2)nn1C. The van der Waals surface area contributed by atoms with Crippen molar-refractivity contribution in [1.29, 1.82) is 0 Å². The van der Waals surface area contributed by atoms with Crippen LogP contribution in [0.5, 0.6) is 17.4 Å². The van der Waals surface area contributed by atoms with Crippen molar-refractivity contribution >= 4 is 33.5 Å². The number of morpholine rings is 1. The smallest absolute Gasteiger partial charge is 0.493 e. The lowest BCUT2D eigenvalue weighted by molar-refractivity contribution is 0.122. The molecule has 0 radical (unpaired) electrons. The average molecular weight is 675 g/mol. The molecule has 0 unspecified atom stereocenters. The van der Waals surface area contributed by atoms with Crippen molar-refractivity contribution in [3.8, 4) is 28.5 Å².